The highest BCUT2D eigenvalue weighted by Gasteiger charge is 2.19. The lowest BCUT2D eigenvalue weighted by Crippen LogP contribution is -2.27. The van der Waals surface area contributed by atoms with E-state index in [4.69, 9.17) is 5.73 Å². The van der Waals surface area contributed by atoms with Crippen molar-refractivity contribution in [2.24, 2.45) is 0 Å². The molecule has 2 rings (SSSR count). The molecule has 3 N–H and O–H groups in total. The Labute approximate surface area is 102 Å². The maximum absolute atomic E-state index is 5.78. The minimum atomic E-state index is -0.116. The summed E-state index contributed by atoms with van der Waals surface area (Å²) in [6.45, 7) is 4.32. The number of hydrogen-bond donors (Lipinski definition) is 2. The molecule has 0 amide bonds. The Morgan fingerprint density at radius 2 is 1.65 bits per heavy atom. The van der Waals surface area contributed by atoms with E-state index in [2.05, 4.69) is 43.4 Å². The van der Waals surface area contributed by atoms with Crippen LogP contribution in [0.5, 0.6) is 0 Å². The summed E-state index contributed by atoms with van der Waals surface area (Å²) in [4.78, 5) is 0. The molecular formula is C15H18N2. The number of hydrogen-bond acceptors (Lipinski definition) is 2. The third-order valence-electron chi connectivity index (χ3n) is 2.84. The third kappa shape index (κ3) is 2.78. The molecule has 0 spiro atoms. The second kappa shape index (κ2) is 4.50. The highest BCUT2D eigenvalue weighted by atomic mass is 15.0. The molecule has 2 nitrogen and oxygen atoms in total. The molecule has 0 bridgehead atoms. The molecule has 0 fully saturated rings. The number of rotatable bonds is 3. The molecule has 0 saturated heterocycles. The van der Waals surface area contributed by atoms with E-state index in [0.29, 0.717) is 0 Å². The van der Waals surface area contributed by atoms with Crippen molar-refractivity contribution in [3.63, 3.8) is 0 Å². The van der Waals surface area contributed by atoms with E-state index >= 15 is 0 Å². The minimum absolute atomic E-state index is 0.116. The highest BCUT2D eigenvalue weighted by Crippen LogP contribution is 2.26. The average Bonchev–Trinajstić information content (AvgIpc) is 2.29. The Morgan fingerprint density at radius 1 is 0.941 bits per heavy atom. The van der Waals surface area contributed by atoms with Crippen molar-refractivity contribution in [3.8, 4) is 0 Å². The van der Waals surface area contributed by atoms with Crippen molar-refractivity contribution in [1.82, 2.24) is 0 Å². The van der Waals surface area contributed by atoms with Crippen molar-refractivity contribution in [3.05, 3.63) is 60.2 Å². The van der Waals surface area contributed by atoms with E-state index in [-0.39, 0.29) is 5.54 Å². The van der Waals surface area contributed by atoms with Gasteiger partial charge >= 0.3 is 0 Å². The summed E-state index contributed by atoms with van der Waals surface area (Å²) in [6, 6.07) is 18.2. The van der Waals surface area contributed by atoms with Crippen LogP contribution in [0.2, 0.25) is 0 Å². The second-order valence-corrected chi connectivity index (χ2v) is 4.74. The van der Waals surface area contributed by atoms with Gasteiger partial charge in [-0.2, -0.15) is 0 Å². The van der Waals surface area contributed by atoms with Gasteiger partial charge in [0.2, 0.25) is 0 Å². The molecule has 0 atom stereocenters. The summed E-state index contributed by atoms with van der Waals surface area (Å²) in [6.07, 6.45) is 0. The van der Waals surface area contributed by atoms with Crippen LogP contribution in [0, 0.1) is 0 Å². The van der Waals surface area contributed by atoms with Crippen LogP contribution in [-0.4, -0.2) is 0 Å². The summed E-state index contributed by atoms with van der Waals surface area (Å²) in [5.74, 6) is 0. The van der Waals surface area contributed by atoms with Gasteiger partial charge in [0, 0.05) is 11.4 Å². The van der Waals surface area contributed by atoms with Crippen molar-refractivity contribution in [2.45, 2.75) is 19.4 Å². The topological polar surface area (TPSA) is 38.0 Å². The summed E-state index contributed by atoms with van der Waals surface area (Å²) in [5.41, 5.74) is 8.73. The van der Waals surface area contributed by atoms with Crippen LogP contribution in [-0.2, 0) is 5.54 Å². The van der Waals surface area contributed by atoms with Crippen LogP contribution >= 0.6 is 0 Å². The van der Waals surface area contributed by atoms with Crippen LogP contribution in [0.3, 0.4) is 0 Å². The zero-order valence-electron chi connectivity index (χ0n) is 10.3. The molecule has 0 heterocycles. The first-order valence-electron chi connectivity index (χ1n) is 5.77. The Balaban J connectivity index is 2.23. The van der Waals surface area contributed by atoms with Crippen LogP contribution in [0.15, 0.2) is 54.6 Å². The Bertz CT molecular complexity index is 489. The van der Waals surface area contributed by atoms with E-state index in [1.807, 2.05) is 30.3 Å². The number of benzene rings is 2. The molecular weight excluding hydrogens is 208 g/mol. The van der Waals surface area contributed by atoms with Gasteiger partial charge in [-0.25, -0.2) is 0 Å². The molecule has 2 heteroatoms. The van der Waals surface area contributed by atoms with Crippen molar-refractivity contribution in [2.75, 3.05) is 11.1 Å². The van der Waals surface area contributed by atoms with E-state index in [1.54, 1.807) is 0 Å². The zero-order chi connectivity index (χ0) is 12.3. The van der Waals surface area contributed by atoms with E-state index in [0.717, 1.165) is 11.4 Å². The summed E-state index contributed by atoms with van der Waals surface area (Å²) < 4.78 is 0. The monoisotopic (exact) mass is 226 g/mol. The average molecular weight is 226 g/mol. The van der Waals surface area contributed by atoms with Crippen molar-refractivity contribution >= 4 is 11.4 Å². The minimum Gasteiger partial charge on any atom is -0.399 e. The molecule has 2 aromatic carbocycles. The summed E-state index contributed by atoms with van der Waals surface area (Å²) in [5, 5.41) is 3.50. The van der Waals surface area contributed by atoms with Gasteiger partial charge in [-0.1, -0.05) is 36.4 Å². The van der Waals surface area contributed by atoms with Crippen LogP contribution in [0.1, 0.15) is 19.4 Å². The number of nitrogen functional groups attached to an aromatic ring is 1. The third-order valence-corrected chi connectivity index (χ3v) is 2.84. The first kappa shape index (κ1) is 11.5. The standard InChI is InChI=1S/C15H18N2/c1-15(2,12-7-4-3-5-8-12)17-14-10-6-9-13(16)11-14/h3-11,17H,16H2,1-2H3. The number of anilines is 2. The highest BCUT2D eigenvalue weighted by molar-refractivity contribution is 5.56. The van der Waals surface area contributed by atoms with E-state index in [1.165, 1.54) is 5.56 Å². The van der Waals surface area contributed by atoms with Gasteiger partial charge in [0.15, 0.2) is 0 Å². The van der Waals surface area contributed by atoms with Crippen LogP contribution < -0.4 is 11.1 Å². The van der Waals surface area contributed by atoms with Crippen molar-refractivity contribution < 1.29 is 0 Å². The molecule has 0 aromatic heterocycles. The predicted octanol–water partition coefficient (Wildman–Crippen LogP) is 3.62. The van der Waals surface area contributed by atoms with E-state index in [9.17, 15) is 0 Å². The molecule has 0 aliphatic rings. The molecule has 88 valence electrons. The normalized spacial score (nSPS) is 11.2. The van der Waals surface area contributed by atoms with Gasteiger partial charge in [0.25, 0.3) is 0 Å². The lowest BCUT2D eigenvalue weighted by Gasteiger charge is -2.28. The Kier molecular flexibility index (Phi) is 3.05. The quantitative estimate of drug-likeness (QED) is 0.784. The molecule has 0 saturated carbocycles. The molecule has 0 aliphatic heterocycles. The van der Waals surface area contributed by atoms with E-state index < -0.39 is 0 Å². The fraction of sp³-hybridized carbons (Fsp3) is 0.200. The molecule has 0 unspecified atom stereocenters. The van der Waals surface area contributed by atoms with Crippen LogP contribution in [0.25, 0.3) is 0 Å². The SMILES string of the molecule is CC(C)(Nc1cccc(N)c1)c1ccccc1. The van der Waals surface area contributed by atoms with Gasteiger partial charge in [-0.15, -0.1) is 0 Å². The maximum atomic E-state index is 5.78. The Hall–Kier alpha value is -1.96. The van der Waals surface area contributed by atoms with Gasteiger partial charge in [-0.3, -0.25) is 0 Å². The van der Waals surface area contributed by atoms with Gasteiger partial charge < -0.3 is 11.1 Å². The lowest BCUT2D eigenvalue weighted by atomic mass is 9.94. The number of nitrogens with one attached hydrogen (secondary N) is 1. The predicted molar refractivity (Wildman–Crippen MR) is 73.9 cm³/mol. The first-order chi connectivity index (χ1) is 8.08. The summed E-state index contributed by atoms with van der Waals surface area (Å²) in [7, 11) is 0. The van der Waals surface area contributed by atoms with Gasteiger partial charge in [0.1, 0.15) is 0 Å². The lowest BCUT2D eigenvalue weighted by molar-refractivity contribution is 0.609. The smallest absolute Gasteiger partial charge is 0.0569 e. The molecule has 2 aromatic rings. The van der Waals surface area contributed by atoms with Crippen LogP contribution in [0.4, 0.5) is 11.4 Å². The molecule has 0 radical (unpaired) electrons. The zero-order valence-corrected chi connectivity index (χ0v) is 10.3. The van der Waals surface area contributed by atoms with Gasteiger partial charge in [-0.05, 0) is 37.6 Å². The van der Waals surface area contributed by atoms with Crippen molar-refractivity contribution in [1.29, 1.82) is 0 Å². The fourth-order valence-electron chi connectivity index (χ4n) is 1.90. The molecule has 17 heavy (non-hydrogen) atoms. The molecule has 0 aliphatic carbocycles. The second-order valence-electron chi connectivity index (χ2n) is 4.74. The Morgan fingerprint density at radius 3 is 2.29 bits per heavy atom. The maximum Gasteiger partial charge on any atom is 0.0569 e. The first-order valence-corrected chi connectivity index (χ1v) is 5.77. The summed E-state index contributed by atoms with van der Waals surface area (Å²) >= 11 is 0. The fourth-order valence-corrected chi connectivity index (χ4v) is 1.90. The largest absolute Gasteiger partial charge is 0.399 e. The number of nitrogens with two attached hydrogens (primary N) is 1. The van der Waals surface area contributed by atoms with Gasteiger partial charge in [0.05, 0.1) is 5.54 Å².